The molecule has 20 heavy (non-hydrogen) atoms. The van der Waals surface area contributed by atoms with Crippen LogP contribution in [0.3, 0.4) is 0 Å². The van der Waals surface area contributed by atoms with Crippen LogP contribution in [0.5, 0.6) is 0 Å². The summed E-state index contributed by atoms with van der Waals surface area (Å²) in [7, 11) is 0. The van der Waals surface area contributed by atoms with Gasteiger partial charge in [0, 0.05) is 0 Å². The lowest BCUT2D eigenvalue weighted by Crippen LogP contribution is -2.30. The van der Waals surface area contributed by atoms with Gasteiger partial charge in [0.15, 0.2) is 0 Å². The monoisotopic (exact) mass is 334 g/mol. The van der Waals surface area contributed by atoms with Gasteiger partial charge >= 0.3 is 0 Å². The Kier molecular flexibility index (Phi) is 3.87. The van der Waals surface area contributed by atoms with Crippen LogP contribution in [0.15, 0.2) is 53.0 Å². The normalized spacial score (nSPS) is 22.6. The van der Waals surface area contributed by atoms with Crippen LogP contribution in [0, 0.1) is 11.7 Å². The van der Waals surface area contributed by atoms with Crippen molar-refractivity contribution in [2.75, 3.05) is 0 Å². The van der Waals surface area contributed by atoms with E-state index in [1.54, 1.807) is 6.07 Å². The van der Waals surface area contributed by atoms with Crippen molar-refractivity contribution >= 4 is 15.9 Å². The Balaban J connectivity index is 1.84. The molecule has 0 saturated heterocycles. The quantitative estimate of drug-likeness (QED) is 0.657. The van der Waals surface area contributed by atoms with Crippen molar-refractivity contribution < 1.29 is 4.39 Å². The molecule has 4 heteroatoms. The van der Waals surface area contributed by atoms with Gasteiger partial charge in [-0.15, -0.1) is 0 Å². The van der Waals surface area contributed by atoms with Crippen LogP contribution in [-0.4, -0.2) is 0 Å². The number of hydrazine groups is 1. The summed E-state index contributed by atoms with van der Waals surface area (Å²) in [5, 5.41) is 0. The molecule has 2 aromatic carbocycles. The van der Waals surface area contributed by atoms with Gasteiger partial charge in [0.25, 0.3) is 0 Å². The van der Waals surface area contributed by atoms with Gasteiger partial charge in [-0.1, -0.05) is 42.5 Å². The minimum atomic E-state index is -0.250. The first-order valence-corrected chi connectivity index (χ1v) is 7.46. The first kappa shape index (κ1) is 13.7. The molecule has 0 amide bonds. The first-order valence-electron chi connectivity index (χ1n) is 6.67. The van der Waals surface area contributed by atoms with Gasteiger partial charge in [-0.25, -0.2) is 4.39 Å². The zero-order valence-electron chi connectivity index (χ0n) is 10.9. The smallest absolute Gasteiger partial charge is 0.137 e. The summed E-state index contributed by atoms with van der Waals surface area (Å²) in [6.45, 7) is 0. The molecule has 1 aliphatic rings. The standard InChI is InChI=1S/C16H16BrFN2/c17-15-11(7-4-8-14(15)18)16(20-19)13-9-12(13)10-5-2-1-3-6-10/h1-8,12-13,16,20H,9,19H2. The van der Waals surface area contributed by atoms with Crippen LogP contribution in [-0.2, 0) is 0 Å². The predicted octanol–water partition coefficient (Wildman–Crippen LogP) is 3.90. The lowest BCUT2D eigenvalue weighted by Gasteiger charge is -2.18. The Hall–Kier alpha value is -1.23. The van der Waals surface area contributed by atoms with E-state index < -0.39 is 0 Å². The number of hydrogen-bond donors (Lipinski definition) is 2. The van der Waals surface area contributed by atoms with E-state index in [1.165, 1.54) is 11.6 Å². The average molecular weight is 335 g/mol. The molecule has 104 valence electrons. The van der Waals surface area contributed by atoms with Crippen LogP contribution in [0.1, 0.15) is 29.5 Å². The molecular weight excluding hydrogens is 319 g/mol. The van der Waals surface area contributed by atoms with Crippen molar-refractivity contribution in [1.29, 1.82) is 0 Å². The van der Waals surface area contributed by atoms with Crippen molar-refractivity contribution in [1.82, 2.24) is 5.43 Å². The third-order valence-electron chi connectivity index (χ3n) is 3.99. The number of hydrogen-bond acceptors (Lipinski definition) is 2. The fourth-order valence-electron chi connectivity index (χ4n) is 2.87. The number of nitrogens with one attached hydrogen (secondary N) is 1. The zero-order chi connectivity index (χ0) is 14.1. The third kappa shape index (κ3) is 2.51. The lowest BCUT2D eigenvalue weighted by atomic mass is 9.99. The van der Waals surface area contributed by atoms with Crippen molar-refractivity contribution in [2.24, 2.45) is 11.8 Å². The lowest BCUT2D eigenvalue weighted by molar-refractivity contribution is 0.481. The second-order valence-electron chi connectivity index (χ2n) is 5.20. The molecule has 0 bridgehead atoms. The maximum atomic E-state index is 13.7. The fourth-order valence-corrected chi connectivity index (χ4v) is 3.38. The molecule has 0 spiro atoms. The summed E-state index contributed by atoms with van der Waals surface area (Å²) in [6, 6.07) is 15.4. The number of halogens is 2. The maximum absolute atomic E-state index is 13.7. The molecular formula is C16H16BrFN2. The van der Waals surface area contributed by atoms with Crippen molar-refractivity contribution in [3.63, 3.8) is 0 Å². The number of benzene rings is 2. The first-order chi connectivity index (χ1) is 9.72. The molecule has 0 radical (unpaired) electrons. The van der Waals surface area contributed by atoms with Gasteiger partial charge in [0.1, 0.15) is 5.82 Å². The van der Waals surface area contributed by atoms with Gasteiger partial charge in [-0.2, -0.15) is 0 Å². The molecule has 3 unspecified atom stereocenters. The summed E-state index contributed by atoms with van der Waals surface area (Å²) in [5.74, 6) is 6.36. The topological polar surface area (TPSA) is 38.0 Å². The van der Waals surface area contributed by atoms with Gasteiger partial charge in [-0.3, -0.25) is 11.3 Å². The highest BCUT2D eigenvalue weighted by Gasteiger charge is 2.44. The SMILES string of the molecule is NNC(c1cccc(F)c1Br)C1CC1c1ccccc1. The zero-order valence-corrected chi connectivity index (χ0v) is 12.5. The van der Waals surface area contributed by atoms with Gasteiger partial charge in [0.05, 0.1) is 10.5 Å². The van der Waals surface area contributed by atoms with E-state index in [2.05, 4.69) is 33.5 Å². The molecule has 0 aromatic heterocycles. The van der Waals surface area contributed by atoms with E-state index in [0.29, 0.717) is 16.3 Å². The summed E-state index contributed by atoms with van der Waals surface area (Å²) >= 11 is 3.32. The minimum Gasteiger partial charge on any atom is -0.271 e. The molecule has 3 N–H and O–H groups in total. The molecule has 3 rings (SSSR count). The van der Waals surface area contributed by atoms with E-state index >= 15 is 0 Å². The Labute approximate surface area is 126 Å². The Morgan fingerprint density at radius 3 is 2.60 bits per heavy atom. The van der Waals surface area contributed by atoms with Gasteiger partial charge in [-0.05, 0) is 51.4 Å². The van der Waals surface area contributed by atoms with Crippen molar-refractivity contribution in [3.8, 4) is 0 Å². The van der Waals surface area contributed by atoms with Gasteiger partial charge in [0.2, 0.25) is 0 Å². The van der Waals surface area contributed by atoms with Crippen LogP contribution >= 0.6 is 15.9 Å². The van der Waals surface area contributed by atoms with E-state index in [9.17, 15) is 4.39 Å². The highest BCUT2D eigenvalue weighted by atomic mass is 79.9. The third-order valence-corrected chi connectivity index (χ3v) is 4.83. The minimum absolute atomic E-state index is 0.0368. The highest BCUT2D eigenvalue weighted by molar-refractivity contribution is 9.10. The van der Waals surface area contributed by atoms with Gasteiger partial charge < -0.3 is 0 Å². The molecule has 2 aromatic rings. The molecule has 2 nitrogen and oxygen atoms in total. The molecule has 1 fully saturated rings. The van der Waals surface area contributed by atoms with Crippen molar-refractivity contribution in [2.45, 2.75) is 18.4 Å². The molecule has 0 heterocycles. The van der Waals surface area contributed by atoms with E-state index in [4.69, 9.17) is 5.84 Å². The second kappa shape index (κ2) is 5.64. The Morgan fingerprint density at radius 2 is 1.90 bits per heavy atom. The molecule has 1 aliphatic carbocycles. The van der Waals surface area contributed by atoms with Crippen LogP contribution < -0.4 is 11.3 Å². The van der Waals surface area contributed by atoms with Crippen LogP contribution in [0.25, 0.3) is 0 Å². The molecule has 3 atom stereocenters. The Morgan fingerprint density at radius 1 is 1.15 bits per heavy atom. The number of nitrogens with two attached hydrogens (primary N) is 1. The fraction of sp³-hybridized carbons (Fsp3) is 0.250. The van der Waals surface area contributed by atoms with Crippen molar-refractivity contribution in [3.05, 3.63) is 69.9 Å². The van der Waals surface area contributed by atoms with E-state index in [1.807, 2.05) is 24.3 Å². The summed E-state index contributed by atoms with van der Waals surface area (Å²) < 4.78 is 14.2. The summed E-state index contributed by atoms with van der Waals surface area (Å²) in [4.78, 5) is 0. The van der Waals surface area contributed by atoms with E-state index in [-0.39, 0.29) is 11.9 Å². The Bertz CT molecular complexity index is 603. The molecule has 0 aliphatic heterocycles. The summed E-state index contributed by atoms with van der Waals surface area (Å²) in [6.07, 6.45) is 1.07. The predicted molar refractivity (Wildman–Crippen MR) is 81.5 cm³/mol. The average Bonchev–Trinajstić information content (AvgIpc) is 3.26. The molecule has 1 saturated carbocycles. The van der Waals surface area contributed by atoms with E-state index in [0.717, 1.165) is 12.0 Å². The highest BCUT2D eigenvalue weighted by Crippen LogP contribution is 2.54. The number of rotatable bonds is 4. The van der Waals surface area contributed by atoms with Crippen LogP contribution in [0.2, 0.25) is 0 Å². The van der Waals surface area contributed by atoms with Crippen LogP contribution in [0.4, 0.5) is 4.39 Å². The summed E-state index contributed by atoms with van der Waals surface area (Å²) in [5.41, 5.74) is 5.06. The maximum Gasteiger partial charge on any atom is 0.137 e. The second-order valence-corrected chi connectivity index (χ2v) is 6.00. The largest absolute Gasteiger partial charge is 0.271 e.